The van der Waals surface area contributed by atoms with Crippen LogP contribution in [-0.2, 0) is 22.7 Å². The highest BCUT2D eigenvalue weighted by Crippen LogP contribution is 2.39. The summed E-state index contributed by atoms with van der Waals surface area (Å²) in [7, 11) is 0. The van der Waals surface area contributed by atoms with Crippen LogP contribution in [0.1, 0.15) is 33.5 Å². The number of aliphatic hydroxyl groups excluding tert-OH is 1. The number of hydrogen-bond donors (Lipinski definition) is 1. The molecule has 0 spiro atoms. The Morgan fingerprint density at radius 3 is 2.12 bits per heavy atom. The average molecular weight is 516 g/mol. The molecule has 1 amide bonds. The summed E-state index contributed by atoms with van der Waals surface area (Å²) in [5.74, 6) is -1.03. The van der Waals surface area contributed by atoms with E-state index in [1.54, 1.807) is 6.07 Å². The maximum atomic E-state index is 13.2. The van der Waals surface area contributed by atoms with Gasteiger partial charge in [0.2, 0.25) is 0 Å². The summed E-state index contributed by atoms with van der Waals surface area (Å²) in [6.45, 7) is -0.756. The second-order valence-electron chi connectivity index (χ2n) is 7.47. The maximum absolute atomic E-state index is 13.2. The van der Waals surface area contributed by atoms with Gasteiger partial charge in [-0.05, 0) is 35.9 Å². The number of aliphatic hydroxyl groups is 1. The fourth-order valence-corrected chi connectivity index (χ4v) is 3.95. The van der Waals surface area contributed by atoms with E-state index in [0.29, 0.717) is 17.7 Å². The number of carbonyl (C=O) groups is 1. The van der Waals surface area contributed by atoms with Gasteiger partial charge in [0.15, 0.2) is 0 Å². The van der Waals surface area contributed by atoms with Crippen molar-refractivity contribution in [3.8, 4) is 0 Å². The van der Waals surface area contributed by atoms with E-state index in [9.17, 15) is 36.2 Å². The van der Waals surface area contributed by atoms with Gasteiger partial charge in [-0.15, -0.1) is 0 Å². The Balaban J connectivity index is 2.01. The summed E-state index contributed by atoms with van der Waals surface area (Å²) in [5.41, 5.74) is -4.76. The van der Waals surface area contributed by atoms with E-state index in [1.165, 1.54) is 12.1 Å². The molecule has 0 saturated carbocycles. The largest absolute Gasteiger partial charge is 0.416 e. The quantitative estimate of drug-likeness (QED) is 0.525. The second kappa shape index (κ2) is 9.32. The van der Waals surface area contributed by atoms with E-state index in [-0.39, 0.29) is 48.8 Å². The molecule has 1 saturated heterocycles. The van der Waals surface area contributed by atoms with Gasteiger partial charge in [0, 0.05) is 25.1 Å². The molecule has 12 heteroatoms. The number of ether oxygens (including phenoxy) is 1. The van der Waals surface area contributed by atoms with Crippen LogP contribution >= 0.6 is 23.2 Å². The predicted octanol–water partition coefficient (Wildman–Crippen LogP) is 5.78. The van der Waals surface area contributed by atoms with E-state index < -0.39 is 40.6 Å². The first-order valence-corrected chi connectivity index (χ1v) is 10.3. The molecule has 4 nitrogen and oxygen atoms in total. The maximum Gasteiger partial charge on any atom is 0.416 e. The minimum atomic E-state index is -5.08. The Hall–Kier alpha value is -2.01. The number of amides is 1. The molecular formula is C21H17Cl2F6NO3. The van der Waals surface area contributed by atoms with Crippen molar-refractivity contribution in [2.24, 2.45) is 0 Å². The van der Waals surface area contributed by atoms with Crippen LogP contribution in [-0.4, -0.2) is 42.2 Å². The number of alkyl halides is 6. The highest BCUT2D eigenvalue weighted by molar-refractivity contribution is 6.42. The third-order valence-electron chi connectivity index (χ3n) is 5.27. The molecule has 180 valence electrons. The van der Waals surface area contributed by atoms with E-state index in [1.807, 2.05) is 0 Å². The number of nitrogens with zero attached hydrogens (tertiary/aromatic N) is 1. The Morgan fingerprint density at radius 1 is 1.00 bits per heavy atom. The van der Waals surface area contributed by atoms with Gasteiger partial charge < -0.3 is 14.7 Å². The molecule has 3 rings (SSSR count). The molecule has 0 aromatic heterocycles. The number of carbonyl (C=O) groups excluding carboxylic acids is 1. The predicted molar refractivity (Wildman–Crippen MR) is 108 cm³/mol. The van der Waals surface area contributed by atoms with Crippen molar-refractivity contribution in [2.45, 2.75) is 24.4 Å². The lowest BCUT2D eigenvalue weighted by molar-refractivity contribution is -0.143. The summed E-state index contributed by atoms with van der Waals surface area (Å²) in [4.78, 5) is 14.1. The Morgan fingerprint density at radius 2 is 1.61 bits per heavy atom. The summed E-state index contributed by atoms with van der Waals surface area (Å²) in [5, 5.41) is 9.99. The number of morpholine rings is 1. The van der Waals surface area contributed by atoms with Crippen molar-refractivity contribution in [1.82, 2.24) is 4.90 Å². The average Bonchev–Trinajstić information content (AvgIpc) is 2.74. The SMILES string of the molecule is O=C(c1cc(C(F)(F)F)cc(C(F)(F)F)c1)N1CCO[C@](CCO)(c2ccc(Cl)c(Cl)c2)C1. The van der Waals surface area contributed by atoms with E-state index in [2.05, 4.69) is 0 Å². The molecule has 2 aromatic rings. The zero-order valence-electron chi connectivity index (χ0n) is 16.7. The highest BCUT2D eigenvalue weighted by Gasteiger charge is 2.42. The molecule has 1 aliphatic heterocycles. The molecule has 0 radical (unpaired) electrons. The van der Waals surface area contributed by atoms with Crippen molar-refractivity contribution < 1.29 is 41.0 Å². The first-order chi connectivity index (χ1) is 15.3. The molecule has 1 fully saturated rings. The number of hydrogen-bond acceptors (Lipinski definition) is 3. The summed E-state index contributed by atoms with van der Waals surface area (Å²) in [6.07, 6.45) is -10.2. The molecule has 2 aromatic carbocycles. The minimum absolute atomic E-state index is 0.00880. The molecule has 33 heavy (non-hydrogen) atoms. The van der Waals surface area contributed by atoms with Crippen molar-refractivity contribution in [2.75, 3.05) is 26.3 Å². The van der Waals surface area contributed by atoms with Crippen LogP contribution in [0.15, 0.2) is 36.4 Å². The van der Waals surface area contributed by atoms with Gasteiger partial charge in [0.1, 0.15) is 5.60 Å². The number of halogens is 8. The van der Waals surface area contributed by atoms with Gasteiger partial charge in [0.05, 0.1) is 34.3 Å². The van der Waals surface area contributed by atoms with Gasteiger partial charge in [-0.25, -0.2) is 0 Å². The third-order valence-corrected chi connectivity index (χ3v) is 6.01. The summed E-state index contributed by atoms with van der Waals surface area (Å²) in [6, 6.07) is 5.25. The van der Waals surface area contributed by atoms with Gasteiger partial charge in [0.25, 0.3) is 5.91 Å². The molecule has 0 aliphatic carbocycles. The molecule has 0 bridgehead atoms. The van der Waals surface area contributed by atoms with Gasteiger partial charge in [-0.2, -0.15) is 26.3 Å². The van der Waals surface area contributed by atoms with Crippen molar-refractivity contribution in [3.63, 3.8) is 0 Å². The fourth-order valence-electron chi connectivity index (χ4n) is 3.65. The van der Waals surface area contributed by atoms with Crippen LogP contribution in [0.4, 0.5) is 26.3 Å². The summed E-state index contributed by atoms with van der Waals surface area (Å²) >= 11 is 12.0. The lowest BCUT2D eigenvalue weighted by Crippen LogP contribution is -2.52. The van der Waals surface area contributed by atoms with Crippen LogP contribution < -0.4 is 0 Å². The smallest absolute Gasteiger partial charge is 0.396 e. The molecule has 1 heterocycles. The molecule has 1 aliphatic rings. The van der Waals surface area contributed by atoms with Crippen LogP contribution in [0.25, 0.3) is 0 Å². The standard InChI is InChI=1S/C21H17Cl2F6NO3/c22-16-2-1-13(10-17(16)23)19(3-5-31)11-30(4-6-33-19)18(32)12-7-14(20(24,25)26)9-15(8-12)21(27,28)29/h1-2,7-10,31H,3-6,11H2/t19-/m0/s1. The molecule has 1 N–H and O–H groups in total. The first-order valence-electron chi connectivity index (χ1n) is 9.56. The Labute approximate surface area is 194 Å². The second-order valence-corrected chi connectivity index (χ2v) is 8.28. The lowest BCUT2D eigenvalue weighted by atomic mass is 9.88. The first kappa shape index (κ1) is 25.6. The van der Waals surface area contributed by atoms with Crippen molar-refractivity contribution in [1.29, 1.82) is 0 Å². The molecular weight excluding hydrogens is 499 g/mol. The minimum Gasteiger partial charge on any atom is -0.396 e. The summed E-state index contributed by atoms with van der Waals surface area (Å²) < 4.78 is 85.0. The van der Waals surface area contributed by atoms with Crippen molar-refractivity contribution in [3.05, 3.63) is 68.7 Å². The van der Waals surface area contributed by atoms with E-state index >= 15 is 0 Å². The number of benzene rings is 2. The molecule has 1 atom stereocenters. The topological polar surface area (TPSA) is 49.8 Å². The van der Waals surface area contributed by atoms with Crippen LogP contribution in [0.2, 0.25) is 10.0 Å². The zero-order chi connectivity index (χ0) is 24.6. The Kier molecular flexibility index (Phi) is 7.24. The number of rotatable bonds is 4. The van der Waals surface area contributed by atoms with Gasteiger partial charge >= 0.3 is 12.4 Å². The lowest BCUT2D eigenvalue weighted by Gasteiger charge is -2.43. The molecule has 0 unspecified atom stereocenters. The van der Waals surface area contributed by atoms with E-state index in [4.69, 9.17) is 27.9 Å². The Bertz CT molecular complexity index is 1010. The van der Waals surface area contributed by atoms with E-state index in [0.717, 1.165) is 4.90 Å². The highest BCUT2D eigenvalue weighted by atomic mass is 35.5. The fraction of sp³-hybridized carbons (Fsp3) is 0.381. The van der Waals surface area contributed by atoms with Crippen LogP contribution in [0.3, 0.4) is 0 Å². The normalized spacial score (nSPS) is 19.6. The van der Waals surface area contributed by atoms with Gasteiger partial charge in [-0.1, -0.05) is 29.3 Å². The van der Waals surface area contributed by atoms with Crippen LogP contribution in [0.5, 0.6) is 0 Å². The zero-order valence-corrected chi connectivity index (χ0v) is 18.2. The van der Waals surface area contributed by atoms with Crippen LogP contribution in [0, 0.1) is 0 Å². The van der Waals surface area contributed by atoms with Gasteiger partial charge in [-0.3, -0.25) is 4.79 Å². The van der Waals surface area contributed by atoms with Crippen molar-refractivity contribution >= 4 is 29.1 Å². The monoisotopic (exact) mass is 515 g/mol. The third kappa shape index (κ3) is 5.56.